The summed E-state index contributed by atoms with van der Waals surface area (Å²) < 4.78 is 8.02. The number of imidazole rings is 1. The summed E-state index contributed by atoms with van der Waals surface area (Å²) >= 11 is 0. The Labute approximate surface area is 224 Å². The molecule has 3 fully saturated rings. The minimum Gasteiger partial charge on any atom is -0.382 e. The molecule has 38 heavy (non-hydrogen) atoms. The summed E-state index contributed by atoms with van der Waals surface area (Å²) in [6.07, 6.45) is 18.7. The molecule has 6 rings (SSSR count). The number of fused-ring (bicyclic) bond motifs is 1. The maximum atomic E-state index is 12.7. The first-order chi connectivity index (χ1) is 18.5. The predicted molar refractivity (Wildman–Crippen MR) is 150 cm³/mol. The molecule has 1 spiro atoms. The van der Waals surface area contributed by atoms with Gasteiger partial charge in [0.25, 0.3) is 0 Å². The lowest BCUT2D eigenvalue weighted by Gasteiger charge is -2.46. The van der Waals surface area contributed by atoms with Crippen molar-refractivity contribution < 1.29 is 4.74 Å². The fourth-order valence-electron chi connectivity index (χ4n) is 6.37. The maximum Gasteiger partial charge on any atom is 0.328 e. The summed E-state index contributed by atoms with van der Waals surface area (Å²) in [6.45, 7) is 5.86. The van der Waals surface area contributed by atoms with Crippen molar-refractivity contribution in [2.45, 2.75) is 96.1 Å². The normalized spacial score (nSPS) is 24.0. The fourth-order valence-corrected chi connectivity index (χ4v) is 6.37. The van der Waals surface area contributed by atoms with Crippen molar-refractivity contribution in [1.82, 2.24) is 29.7 Å². The molecule has 0 radical (unpaired) electrons. The monoisotopic (exact) mass is 522 g/mol. The number of H-pyrrole nitrogens is 1. The molecule has 2 aromatic heterocycles. The Bertz CT molecular complexity index is 1240. The number of hydrogen-bond acceptors (Lipinski definition) is 8. The summed E-state index contributed by atoms with van der Waals surface area (Å²) in [6, 6.07) is 0.903. The molecule has 2 saturated carbocycles. The van der Waals surface area contributed by atoms with Gasteiger partial charge in [0.05, 0.1) is 12.6 Å². The molecular formula is C28H42N8O2. The molecule has 206 valence electrons. The van der Waals surface area contributed by atoms with Crippen LogP contribution < -0.4 is 22.1 Å². The van der Waals surface area contributed by atoms with Gasteiger partial charge in [0.15, 0.2) is 11.5 Å². The number of nitrogens with two attached hydrogens (primary N) is 1. The van der Waals surface area contributed by atoms with Crippen LogP contribution in [0.15, 0.2) is 28.7 Å². The number of nitrogen functional groups attached to an aromatic ring is 1. The van der Waals surface area contributed by atoms with E-state index in [2.05, 4.69) is 43.5 Å². The van der Waals surface area contributed by atoms with Gasteiger partial charge in [-0.15, -0.1) is 0 Å². The number of likely N-dealkylation sites (tertiary alicyclic amines) is 1. The van der Waals surface area contributed by atoms with Crippen LogP contribution in [0.3, 0.4) is 0 Å². The molecule has 1 unspecified atom stereocenters. The second kappa shape index (κ2) is 10.7. The van der Waals surface area contributed by atoms with Crippen LogP contribution in [0.25, 0.3) is 11.2 Å². The molecule has 4 aliphatic rings. The van der Waals surface area contributed by atoms with E-state index in [0.29, 0.717) is 35.2 Å². The van der Waals surface area contributed by atoms with Crippen LogP contribution in [0.2, 0.25) is 0 Å². The average Bonchev–Trinajstić information content (AvgIpc) is 3.72. The average molecular weight is 523 g/mol. The van der Waals surface area contributed by atoms with Gasteiger partial charge in [0, 0.05) is 18.8 Å². The van der Waals surface area contributed by atoms with E-state index in [1.165, 1.54) is 51.6 Å². The predicted octanol–water partition coefficient (Wildman–Crippen LogP) is 3.49. The van der Waals surface area contributed by atoms with Crippen LogP contribution in [-0.4, -0.2) is 62.4 Å². The van der Waals surface area contributed by atoms with Crippen LogP contribution in [0.5, 0.6) is 0 Å². The fraction of sp³-hybridized carbons (Fsp3) is 0.679. The lowest BCUT2D eigenvalue weighted by Crippen LogP contribution is -2.44. The highest BCUT2D eigenvalue weighted by Gasteiger charge is 2.41. The number of piperidine rings is 1. The number of ether oxygens (including phenoxy) is 1. The van der Waals surface area contributed by atoms with E-state index in [-0.39, 0.29) is 17.7 Å². The van der Waals surface area contributed by atoms with Crippen LogP contribution in [0.4, 0.5) is 11.8 Å². The van der Waals surface area contributed by atoms with E-state index in [9.17, 15) is 4.79 Å². The highest BCUT2D eigenvalue weighted by atomic mass is 16.5. The molecule has 10 heteroatoms. The van der Waals surface area contributed by atoms with Crippen molar-refractivity contribution in [2.24, 2.45) is 5.41 Å². The molecule has 2 aliphatic heterocycles. The molecule has 10 nitrogen and oxygen atoms in total. The third-order valence-electron chi connectivity index (χ3n) is 8.98. The molecule has 1 saturated heterocycles. The highest BCUT2D eigenvalue weighted by molar-refractivity contribution is 5.82. The molecule has 1 atom stereocenters. The van der Waals surface area contributed by atoms with E-state index < -0.39 is 0 Å². The van der Waals surface area contributed by atoms with Gasteiger partial charge in [-0.2, -0.15) is 9.97 Å². The number of aromatic amines is 1. The van der Waals surface area contributed by atoms with E-state index in [4.69, 9.17) is 10.5 Å². The van der Waals surface area contributed by atoms with Crippen molar-refractivity contribution in [3.63, 3.8) is 0 Å². The lowest BCUT2D eigenvalue weighted by atomic mass is 9.67. The Kier molecular flexibility index (Phi) is 7.18. The third kappa shape index (κ3) is 5.47. The smallest absolute Gasteiger partial charge is 0.328 e. The van der Waals surface area contributed by atoms with E-state index in [1.54, 1.807) is 4.57 Å². The second-order valence-electron chi connectivity index (χ2n) is 11.7. The zero-order valence-electron chi connectivity index (χ0n) is 22.5. The number of hydrogen-bond donors (Lipinski definition) is 4. The molecule has 4 heterocycles. The van der Waals surface area contributed by atoms with Crippen molar-refractivity contribution in [1.29, 1.82) is 0 Å². The van der Waals surface area contributed by atoms with Gasteiger partial charge in [0.2, 0.25) is 5.95 Å². The largest absolute Gasteiger partial charge is 0.382 e. The molecule has 0 amide bonds. The highest BCUT2D eigenvalue weighted by Crippen LogP contribution is 2.46. The number of nitrogens with zero attached hydrogens (tertiary/aromatic N) is 4. The molecule has 5 N–H and O–H groups in total. The molecule has 0 aromatic carbocycles. The van der Waals surface area contributed by atoms with Gasteiger partial charge in [-0.3, -0.25) is 4.57 Å². The van der Waals surface area contributed by atoms with Crippen molar-refractivity contribution in [3.05, 3.63) is 34.4 Å². The van der Waals surface area contributed by atoms with Crippen LogP contribution in [0.1, 0.15) is 71.1 Å². The number of rotatable bonds is 9. The summed E-state index contributed by atoms with van der Waals surface area (Å²) in [4.78, 5) is 27.1. The van der Waals surface area contributed by atoms with E-state index in [0.717, 1.165) is 43.8 Å². The Morgan fingerprint density at radius 2 is 1.95 bits per heavy atom. The van der Waals surface area contributed by atoms with Crippen molar-refractivity contribution in [3.8, 4) is 0 Å². The number of aromatic nitrogens is 4. The minimum absolute atomic E-state index is 0.137. The van der Waals surface area contributed by atoms with Gasteiger partial charge in [-0.1, -0.05) is 19.4 Å². The van der Waals surface area contributed by atoms with Crippen LogP contribution >= 0.6 is 0 Å². The van der Waals surface area contributed by atoms with E-state index >= 15 is 0 Å². The summed E-state index contributed by atoms with van der Waals surface area (Å²) in [5.74, 6) is 0.714. The lowest BCUT2D eigenvalue weighted by molar-refractivity contribution is -0.0516. The maximum absolute atomic E-state index is 12.7. The van der Waals surface area contributed by atoms with Gasteiger partial charge in [-0.25, -0.2) is 4.79 Å². The zero-order chi connectivity index (χ0) is 26.1. The summed E-state index contributed by atoms with van der Waals surface area (Å²) in [5.41, 5.74) is 8.37. The van der Waals surface area contributed by atoms with E-state index in [1.807, 2.05) is 12.3 Å². The zero-order valence-corrected chi connectivity index (χ0v) is 22.5. The SMILES string of the molecule is CCCCNc1nc(N)c2[nH]c(=O)n(CC3=CNC(OC4CCC5(CC4)CCN(C4CC4)CC5)C=C3)c2n1. The Hall–Kier alpha value is -2.85. The Balaban J connectivity index is 1.02. The number of dihydropyridines is 1. The Morgan fingerprint density at radius 1 is 1.16 bits per heavy atom. The quantitative estimate of drug-likeness (QED) is 0.369. The first-order valence-corrected chi connectivity index (χ1v) is 14.5. The van der Waals surface area contributed by atoms with Crippen molar-refractivity contribution in [2.75, 3.05) is 30.7 Å². The molecular weight excluding hydrogens is 480 g/mol. The Morgan fingerprint density at radius 3 is 2.63 bits per heavy atom. The van der Waals surface area contributed by atoms with Crippen LogP contribution in [0, 0.1) is 5.41 Å². The van der Waals surface area contributed by atoms with Gasteiger partial charge in [-0.05, 0) is 87.9 Å². The van der Waals surface area contributed by atoms with Crippen molar-refractivity contribution >= 4 is 22.9 Å². The number of anilines is 2. The number of allylic oxidation sites excluding steroid dienone is 2. The molecule has 2 aromatic rings. The standard InChI is InChI=1S/C28H42N8O2/c1-2-3-14-30-26-33-24(29)23-25(34-26)36(27(37)32-23)18-19-4-7-22(31-17-19)38-21-8-10-28(11-9-21)12-15-35(16-13-28)20-5-6-20/h4,7,17,20-22,31H,2-3,5-6,8-16,18H2,1H3,(H,32,37)(H3,29,30,33,34). The number of unbranched alkanes of at least 4 members (excludes halogenated alkanes) is 1. The topological polar surface area (TPSA) is 126 Å². The summed E-state index contributed by atoms with van der Waals surface area (Å²) in [5, 5.41) is 6.58. The van der Waals surface area contributed by atoms with Gasteiger partial charge in [0.1, 0.15) is 11.7 Å². The minimum atomic E-state index is -0.251. The van der Waals surface area contributed by atoms with Gasteiger partial charge < -0.3 is 31.0 Å². The first kappa shape index (κ1) is 25.4. The second-order valence-corrected chi connectivity index (χ2v) is 11.7. The van der Waals surface area contributed by atoms with Gasteiger partial charge >= 0.3 is 5.69 Å². The number of nitrogens with one attached hydrogen (secondary N) is 3. The molecule has 0 bridgehead atoms. The third-order valence-corrected chi connectivity index (χ3v) is 8.98. The molecule has 2 aliphatic carbocycles. The van der Waals surface area contributed by atoms with Crippen LogP contribution in [-0.2, 0) is 11.3 Å². The summed E-state index contributed by atoms with van der Waals surface area (Å²) in [7, 11) is 0. The first-order valence-electron chi connectivity index (χ1n) is 14.5.